The Labute approximate surface area is 582 Å². The molecule has 25 heteroatoms. The fourth-order valence-electron chi connectivity index (χ4n) is 0.660. The first kappa shape index (κ1) is 104. The van der Waals surface area contributed by atoms with Gasteiger partial charge in [-0.2, -0.15) is 0 Å². The van der Waals surface area contributed by atoms with Crippen molar-refractivity contribution in [3.63, 3.8) is 0 Å². The van der Waals surface area contributed by atoms with Crippen LogP contribution in [-0.4, -0.2) is 28.9 Å². The van der Waals surface area contributed by atoms with Crippen molar-refractivity contribution in [3.8, 4) is 0 Å². The zero-order valence-electron chi connectivity index (χ0n) is 17.1. The monoisotopic (exact) mass is 1650 g/mol. The molecule has 0 saturated heterocycles. The first-order chi connectivity index (χ1) is 8.01. The number of carbonyl (C=O) groups is 3. The van der Waals surface area contributed by atoms with E-state index < -0.39 is 23.8 Å². The molecule has 0 aromatic rings. The van der Waals surface area contributed by atoms with E-state index in [-0.39, 0.29) is 491 Å². The number of hydrogen-bond donors (Lipinski definition) is 3. The molecule has 6 nitrogen and oxygen atoms in total. The summed E-state index contributed by atoms with van der Waals surface area (Å²) in [4.78, 5) is 32.9. The predicted molar refractivity (Wildman–Crippen MR) is 75.2 cm³/mol. The van der Waals surface area contributed by atoms with E-state index in [1.807, 2.05) is 0 Å². The number of aliphatic carboxylic acids is 1. The summed E-state index contributed by atoms with van der Waals surface area (Å²) in [5.74, 6) is 0.235. The molecular weight excluding hydrogens is 1640 g/mol. The van der Waals surface area contributed by atoms with E-state index in [4.69, 9.17) is 5.11 Å². The van der Waals surface area contributed by atoms with Crippen molar-refractivity contribution < 1.29 is 510 Å². The molecule has 2 amide bonds. The Morgan fingerprint density at radius 3 is 1.25 bits per heavy atom. The molecule has 3 N–H and O–H groups in total. The van der Waals surface area contributed by atoms with Gasteiger partial charge in [0.05, 0.1) is 11.8 Å². The van der Waals surface area contributed by atoms with Crippen molar-refractivity contribution in [2.45, 2.75) is 6.04 Å². The van der Waals surface area contributed by atoms with E-state index in [0.717, 1.165) is 29.3 Å². The van der Waals surface area contributed by atoms with E-state index in [1.165, 1.54) is 11.5 Å². The van der Waals surface area contributed by atoms with Crippen molar-refractivity contribution in [2.24, 2.45) is 0 Å². The Balaban J connectivity index is -0.0000000122. The smallest absolute Gasteiger partial charge is 0.295 e. The minimum absolute atomic E-state index is 0. The van der Waals surface area contributed by atoms with Gasteiger partial charge in [-0.05, 0) is 0 Å². The maximum absolute atomic E-state index is 11.2. The number of amides is 2. The molecular formula is C7H11N2O4P2S2Y15-3. The van der Waals surface area contributed by atoms with Crippen molar-refractivity contribution >= 4 is 57.4 Å². The second-order valence-corrected chi connectivity index (χ2v) is 5.19. The van der Waals surface area contributed by atoms with E-state index >= 15 is 0 Å². The third-order valence-corrected chi connectivity index (χ3v) is 2.96. The van der Waals surface area contributed by atoms with Crippen molar-refractivity contribution in [1.29, 1.82) is 0 Å². The summed E-state index contributed by atoms with van der Waals surface area (Å²) in [6.07, 6.45) is 0. The minimum atomic E-state index is -1.18. The molecule has 0 aromatic heterocycles. The van der Waals surface area contributed by atoms with Crippen LogP contribution in [-0.2, 0) is 505 Å². The van der Waals surface area contributed by atoms with E-state index in [9.17, 15) is 14.4 Å². The van der Waals surface area contributed by atoms with Crippen LogP contribution in [0.2, 0.25) is 0 Å². The minimum Gasteiger partial charge on any atom is -0.506 e. The maximum Gasteiger partial charge on any atom is 0.295 e. The normalized spacial score (nSPS) is 5.94. The second kappa shape index (κ2) is 81.4. The quantitative estimate of drug-likeness (QED) is 0.238. The average molecular weight is 1650 g/mol. The maximum atomic E-state index is 11.2. The van der Waals surface area contributed by atoms with Crippen LogP contribution < -0.4 is 10.6 Å². The zero-order valence-corrected chi connectivity index (χ0v) is 63.6. The van der Waals surface area contributed by atoms with Gasteiger partial charge >= 0.3 is 0 Å². The van der Waals surface area contributed by atoms with Crippen molar-refractivity contribution in [2.75, 3.05) is 0 Å². The van der Waals surface area contributed by atoms with Gasteiger partial charge in [0, 0.05) is 497 Å². The molecule has 15 radical (unpaired) electrons. The van der Waals surface area contributed by atoms with Gasteiger partial charge in [-0.1, -0.05) is 0 Å². The number of carboxylic acids is 1. The van der Waals surface area contributed by atoms with Crippen LogP contribution in [0.3, 0.4) is 0 Å². The molecule has 0 heterocycles. The Kier molecular flexibility index (Phi) is 263. The average Bonchev–Trinajstić information content (AvgIpc) is 2.26. The molecule has 0 aromatic carbocycles. The molecule has 0 aliphatic heterocycles. The zero-order chi connectivity index (χ0) is 13.3. The summed E-state index contributed by atoms with van der Waals surface area (Å²) in [6, 6.07) is -1.11. The van der Waals surface area contributed by atoms with Crippen LogP contribution in [0.15, 0.2) is 0 Å². The molecule has 0 aliphatic carbocycles. The molecule has 143 valence electrons. The fourth-order valence-corrected chi connectivity index (χ4v) is 2.04. The summed E-state index contributed by atoms with van der Waals surface area (Å²) >= 11 is 2.21. The number of rotatable bonds is 8. The van der Waals surface area contributed by atoms with Crippen LogP contribution in [0.1, 0.15) is 0 Å². The summed E-state index contributed by atoms with van der Waals surface area (Å²) in [5, 5.41) is 13.1. The van der Waals surface area contributed by atoms with Crippen LogP contribution in [0, 0.1) is 18.1 Å². The molecule has 0 saturated carbocycles. The molecule has 0 bridgehead atoms. The summed E-state index contributed by atoms with van der Waals surface area (Å²) in [5.41, 5.74) is 0. The van der Waals surface area contributed by atoms with Crippen LogP contribution >= 0.6 is 39.6 Å². The second-order valence-electron chi connectivity index (χ2n) is 2.50. The molecule has 32 heavy (non-hydrogen) atoms. The van der Waals surface area contributed by atoms with Gasteiger partial charge in [0.25, 0.3) is 5.97 Å². The van der Waals surface area contributed by atoms with Crippen molar-refractivity contribution in [1.82, 2.24) is 10.6 Å². The molecule has 0 fully saturated rings. The van der Waals surface area contributed by atoms with Gasteiger partial charge in [-0.3, -0.25) is 4.79 Å². The first-order valence-corrected chi connectivity index (χ1v) is 8.77. The number of carboxylic acid groups (broad SMARTS) is 1. The number of hydrogen-bond acceptors (Lipinski definition) is 5. The predicted octanol–water partition coefficient (Wildman–Crippen LogP) is 0.166. The Morgan fingerprint density at radius 1 is 0.656 bits per heavy atom. The van der Waals surface area contributed by atoms with Crippen LogP contribution in [0.4, 0.5) is 0 Å². The third-order valence-electron chi connectivity index (χ3n) is 1.30. The number of carbonyl (C=O) groups excluding carboxylic acids is 2. The van der Waals surface area contributed by atoms with Crippen LogP contribution in [0.5, 0.6) is 0 Å². The van der Waals surface area contributed by atoms with Gasteiger partial charge < -0.3 is 48.1 Å². The van der Waals surface area contributed by atoms with Gasteiger partial charge in [-0.15, -0.1) is 16.9 Å². The van der Waals surface area contributed by atoms with Gasteiger partial charge in [0.2, 0.25) is 0 Å². The largest absolute Gasteiger partial charge is 0.506 e. The Bertz CT molecular complexity index is 325. The number of nitrogens with one attached hydrogen (secondary N) is 2. The van der Waals surface area contributed by atoms with Crippen LogP contribution in [0.25, 0.3) is 0 Å². The molecule has 3 atom stereocenters. The summed E-state index contributed by atoms with van der Waals surface area (Å²) in [6.45, 7) is 0.872. The van der Waals surface area contributed by atoms with E-state index in [2.05, 4.69) is 27.5 Å². The first-order valence-electron chi connectivity index (χ1n) is 4.06. The summed E-state index contributed by atoms with van der Waals surface area (Å²) < 4.78 is 0. The van der Waals surface area contributed by atoms with Gasteiger partial charge in [-0.25, -0.2) is 18.1 Å². The SMILES string of the molecule is O=C([CH-]SP)N[CH-]C(=O)NC([CH-]SP)C(=O)O.[Y].[Y].[Y].[Y].[Y].[Y].[Y].[Y].[Y].[Y].[Y].[Y].[Y].[Y].[Y]. The Morgan fingerprint density at radius 2 is 1.00 bits per heavy atom. The standard InChI is InChI=1S/C7H11N2O4P2S2.15Y/c10-5(1-8-6(11)3-17-15)9-4(2-16-14)7(12)13;;;;;;;;;;;;;;;/h1-4H,14-15H2,(H,8,11)(H,9,10)(H,12,13);;;;;;;;;;;;;;;/q-3;;;;;;;;;;;;;;;. The van der Waals surface area contributed by atoms with E-state index in [0.29, 0.717) is 0 Å². The van der Waals surface area contributed by atoms with E-state index in [1.54, 1.807) is 0 Å². The van der Waals surface area contributed by atoms with Crippen molar-refractivity contribution in [3.05, 3.63) is 18.1 Å². The molecule has 0 spiro atoms. The summed E-state index contributed by atoms with van der Waals surface area (Å²) in [7, 11) is 4.49. The molecule has 0 aliphatic rings. The fraction of sp³-hybridized carbons (Fsp3) is 0.143. The third kappa shape index (κ3) is 76.2. The molecule has 3 unspecified atom stereocenters. The van der Waals surface area contributed by atoms with Gasteiger partial charge in [0.1, 0.15) is 0 Å². The van der Waals surface area contributed by atoms with Gasteiger partial charge in [0.15, 0.2) is 0 Å². The topological polar surface area (TPSA) is 95.5 Å². The molecule has 0 rings (SSSR count). The Hall–Kier alpha value is 16.3.